The van der Waals surface area contributed by atoms with Crippen LogP contribution in [0, 0.1) is 0 Å². The van der Waals surface area contributed by atoms with E-state index in [9.17, 15) is 5.11 Å². The van der Waals surface area contributed by atoms with E-state index in [1.165, 1.54) is 21.3 Å². The van der Waals surface area contributed by atoms with Crippen LogP contribution in [0.5, 0.6) is 0 Å². The van der Waals surface area contributed by atoms with E-state index in [0.29, 0.717) is 6.42 Å². The Bertz CT molecular complexity index is 102. The Hall–Kier alpha value is 0.710. The summed E-state index contributed by atoms with van der Waals surface area (Å²) in [6, 6.07) is 0. The summed E-state index contributed by atoms with van der Waals surface area (Å²) >= 11 is 0. The Morgan fingerprint density at radius 1 is 1.25 bits per heavy atom. The van der Waals surface area contributed by atoms with E-state index in [4.69, 9.17) is 14.2 Å². The maximum atomic E-state index is 9.52. The van der Waals surface area contributed by atoms with Crippen LogP contribution in [0.2, 0.25) is 0 Å². The van der Waals surface area contributed by atoms with Crippen LogP contribution in [0.3, 0.4) is 0 Å². The van der Waals surface area contributed by atoms with Gasteiger partial charge in [0.15, 0.2) is 0 Å². The van der Waals surface area contributed by atoms with Gasteiger partial charge in [-0.25, -0.2) is 0 Å². The van der Waals surface area contributed by atoms with E-state index in [-0.39, 0.29) is 25.8 Å². The molecule has 0 heterocycles. The van der Waals surface area contributed by atoms with Crippen LogP contribution in [-0.2, 0) is 40.1 Å². The number of hydrogen-bond donors (Lipinski definition) is 1. The van der Waals surface area contributed by atoms with E-state index in [1.807, 2.05) is 6.92 Å². The predicted molar refractivity (Wildman–Crippen MR) is 40.1 cm³/mol. The standard InChI is InChI=1S/C7H16O4.Hf/c1-5-6(9-2)7(8,10-3)11-4;/h6,8H,5H2,1-4H3;. The molecule has 0 rings (SSSR count). The fraction of sp³-hybridized carbons (Fsp3) is 1.00. The van der Waals surface area contributed by atoms with Gasteiger partial charge in [-0.05, 0) is 6.42 Å². The van der Waals surface area contributed by atoms with E-state index in [2.05, 4.69) is 0 Å². The normalized spacial score (nSPS) is 13.8. The van der Waals surface area contributed by atoms with Gasteiger partial charge in [0.2, 0.25) is 0 Å². The molecule has 0 radical (unpaired) electrons. The van der Waals surface area contributed by atoms with Crippen LogP contribution in [0.15, 0.2) is 0 Å². The minimum Gasteiger partial charge on any atom is -0.373 e. The number of aliphatic hydroxyl groups is 1. The maximum Gasteiger partial charge on any atom is 0.307 e. The van der Waals surface area contributed by atoms with Gasteiger partial charge in [0.25, 0.3) is 0 Å². The van der Waals surface area contributed by atoms with Crippen LogP contribution in [0.1, 0.15) is 13.3 Å². The minimum absolute atomic E-state index is 0. The van der Waals surface area contributed by atoms with E-state index >= 15 is 0 Å². The van der Waals surface area contributed by atoms with Crippen LogP contribution in [0.4, 0.5) is 0 Å². The van der Waals surface area contributed by atoms with Crippen LogP contribution < -0.4 is 0 Å². The first-order valence-corrected chi connectivity index (χ1v) is 3.50. The maximum absolute atomic E-state index is 9.52. The molecular weight excluding hydrogens is 327 g/mol. The molecular formula is C7H16HfO4. The largest absolute Gasteiger partial charge is 0.373 e. The van der Waals surface area contributed by atoms with Crippen molar-refractivity contribution < 1.29 is 45.2 Å². The second-order valence-corrected chi connectivity index (χ2v) is 2.17. The van der Waals surface area contributed by atoms with Gasteiger partial charge in [0.1, 0.15) is 6.10 Å². The summed E-state index contributed by atoms with van der Waals surface area (Å²) in [5.41, 5.74) is 0. The third-order valence-corrected chi connectivity index (χ3v) is 1.65. The average Bonchev–Trinajstić information content (AvgIpc) is 2.06. The topological polar surface area (TPSA) is 47.9 Å². The van der Waals surface area contributed by atoms with Gasteiger partial charge in [0.05, 0.1) is 0 Å². The average molecular weight is 343 g/mol. The van der Waals surface area contributed by atoms with Crippen molar-refractivity contribution in [3.8, 4) is 0 Å². The molecule has 0 fully saturated rings. The molecule has 0 aliphatic rings. The van der Waals surface area contributed by atoms with Crippen molar-refractivity contribution >= 4 is 0 Å². The first-order valence-electron chi connectivity index (χ1n) is 3.50. The Balaban J connectivity index is 0. The summed E-state index contributed by atoms with van der Waals surface area (Å²) in [5, 5.41) is 9.52. The Morgan fingerprint density at radius 2 is 1.67 bits per heavy atom. The van der Waals surface area contributed by atoms with Crippen LogP contribution in [-0.4, -0.2) is 38.5 Å². The SMILES string of the molecule is CCC(OC)C(O)(OC)OC.[Hf]. The summed E-state index contributed by atoms with van der Waals surface area (Å²) in [6.45, 7) is 1.87. The van der Waals surface area contributed by atoms with Crippen LogP contribution in [0.25, 0.3) is 0 Å². The van der Waals surface area contributed by atoms with Crippen molar-refractivity contribution in [1.29, 1.82) is 0 Å². The zero-order valence-electron chi connectivity index (χ0n) is 7.96. The fourth-order valence-electron chi connectivity index (χ4n) is 0.920. The molecule has 0 amide bonds. The van der Waals surface area contributed by atoms with Crippen molar-refractivity contribution in [2.45, 2.75) is 25.4 Å². The molecule has 0 aliphatic carbocycles. The van der Waals surface area contributed by atoms with Crippen molar-refractivity contribution in [3.05, 3.63) is 0 Å². The number of rotatable bonds is 5. The molecule has 12 heavy (non-hydrogen) atoms. The van der Waals surface area contributed by atoms with Gasteiger partial charge < -0.3 is 19.3 Å². The van der Waals surface area contributed by atoms with Crippen molar-refractivity contribution in [3.63, 3.8) is 0 Å². The van der Waals surface area contributed by atoms with Gasteiger partial charge in [-0.3, -0.25) is 0 Å². The monoisotopic (exact) mass is 344 g/mol. The molecule has 72 valence electrons. The second-order valence-electron chi connectivity index (χ2n) is 2.17. The smallest absolute Gasteiger partial charge is 0.307 e. The summed E-state index contributed by atoms with van der Waals surface area (Å²) in [4.78, 5) is 0. The molecule has 5 heteroatoms. The summed E-state index contributed by atoms with van der Waals surface area (Å²) in [6.07, 6.45) is 0.159. The van der Waals surface area contributed by atoms with Crippen molar-refractivity contribution in [2.75, 3.05) is 21.3 Å². The fourth-order valence-corrected chi connectivity index (χ4v) is 0.920. The van der Waals surface area contributed by atoms with E-state index in [1.54, 1.807) is 0 Å². The minimum atomic E-state index is -1.62. The summed E-state index contributed by atoms with van der Waals surface area (Å²) in [5.74, 6) is -1.62. The van der Waals surface area contributed by atoms with Gasteiger partial charge in [-0.2, -0.15) is 0 Å². The summed E-state index contributed by atoms with van der Waals surface area (Å²) < 4.78 is 14.4. The molecule has 0 aliphatic heterocycles. The Morgan fingerprint density at radius 3 is 1.75 bits per heavy atom. The molecule has 1 N–H and O–H groups in total. The third kappa shape index (κ3) is 3.62. The van der Waals surface area contributed by atoms with E-state index in [0.717, 1.165) is 0 Å². The number of methoxy groups -OCH3 is 3. The molecule has 0 saturated carbocycles. The third-order valence-electron chi connectivity index (χ3n) is 1.65. The molecule has 0 aromatic carbocycles. The molecule has 0 aromatic heterocycles. The van der Waals surface area contributed by atoms with Gasteiger partial charge >= 0.3 is 5.97 Å². The van der Waals surface area contributed by atoms with Crippen LogP contribution >= 0.6 is 0 Å². The molecule has 0 aromatic rings. The molecule has 0 saturated heterocycles. The zero-order chi connectivity index (χ0) is 8.91. The Kier molecular flexibility index (Phi) is 9.05. The van der Waals surface area contributed by atoms with Gasteiger partial charge in [-0.15, -0.1) is 0 Å². The van der Waals surface area contributed by atoms with Crippen molar-refractivity contribution in [1.82, 2.24) is 0 Å². The first-order chi connectivity index (χ1) is 5.14. The number of ether oxygens (including phenoxy) is 3. The second kappa shape index (κ2) is 7.15. The Labute approximate surface area is 92.0 Å². The predicted octanol–water partition coefficient (Wildman–Crippen LogP) is 0.348. The molecule has 1 unspecified atom stereocenters. The molecule has 1 atom stereocenters. The van der Waals surface area contributed by atoms with E-state index < -0.39 is 12.1 Å². The van der Waals surface area contributed by atoms with Gasteiger partial charge in [-0.1, -0.05) is 6.92 Å². The summed E-state index contributed by atoms with van der Waals surface area (Å²) in [7, 11) is 4.23. The van der Waals surface area contributed by atoms with Crippen molar-refractivity contribution in [2.24, 2.45) is 0 Å². The molecule has 0 bridgehead atoms. The molecule has 0 spiro atoms. The quantitative estimate of drug-likeness (QED) is 0.578. The first kappa shape index (κ1) is 15.2. The number of hydrogen-bond acceptors (Lipinski definition) is 4. The zero-order valence-corrected chi connectivity index (χ0v) is 11.5. The molecule has 4 nitrogen and oxygen atoms in total. The van der Waals surface area contributed by atoms with Gasteiger partial charge in [0, 0.05) is 47.2 Å².